The summed E-state index contributed by atoms with van der Waals surface area (Å²) in [5.74, 6) is -1.43. The Labute approximate surface area is 165 Å². The van der Waals surface area contributed by atoms with Crippen LogP contribution in [0.25, 0.3) is 10.8 Å². The minimum atomic E-state index is -1.05. The third-order valence-electron chi connectivity index (χ3n) is 4.87. The smallest absolute Gasteiger partial charge is 0.326 e. The van der Waals surface area contributed by atoms with Gasteiger partial charge in [0.2, 0.25) is 0 Å². The first-order valence-corrected chi connectivity index (χ1v) is 9.36. The van der Waals surface area contributed by atoms with Crippen LogP contribution in [0.5, 0.6) is 0 Å². The van der Waals surface area contributed by atoms with E-state index >= 15 is 0 Å². The Bertz CT molecular complexity index is 1000. The van der Waals surface area contributed by atoms with E-state index in [0.717, 1.165) is 16.3 Å². The molecule has 3 aromatic carbocycles. The second kappa shape index (κ2) is 7.85. The van der Waals surface area contributed by atoms with Crippen molar-refractivity contribution < 1.29 is 14.7 Å². The maximum absolute atomic E-state index is 12.6. The number of carbonyl (C=O) groups is 2. The number of hydrogen-bond donors (Lipinski definition) is 2. The number of carbonyl (C=O) groups excluding carboxylic acids is 1. The maximum Gasteiger partial charge on any atom is 0.326 e. The molecule has 0 fully saturated rings. The van der Waals surface area contributed by atoms with Gasteiger partial charge in [0.05, 0.1) is 0 Å². The van der Waals surface area contributed by atoms with Gasteiger partial charge in [-0.2, -0.15) is 0 Å². The first kappa shape index (κ1) is 19.6. The molecule has 0 aliphatic heterocycles. The van der Waals surface area contributed by atoms with Crippen LogP contribution in [0, 0.1) is 0 Å². The highest BCUT2D eigenvalue weighted by atomic mass is 16.4. The molecule has 4 nitrogen and oxygen atoms in total. The van der Waals surface area contributed by atoms with Crippen molar-refractivity contribution >= 4 is 22.6 Å². The normalized spacial score (nSPS) is 12.5. The van der Waals surface area contributed by atoms with E-state index in [1.54, 1.807) is 12.1 Å². The summed E-state index contributed by atoms with van der Waals surface area (Å²) in [5.41, 5.74) is 2.55. The van der Waals surface area contributed by atoms with Gasteiger partial charge in [0.25, 0.3) is 5.91 Å². The second-order valence-electron chi connectivity index (χ2n) is 8.08. The van der Waals surface area contributed by atoms with Crippen LogP contribution in [0.3, 0.4) is 0 Å². The molecule has 0 saturated heterocycles. The van der Waals surface area contributed by atoms with Crippen LogP contribution in [-0.4, -0.2) is 23.0 Å². The summed E-state index contributed by atoms with van der Waals surface area (Å²) in [7, 11) is 0. The fourth-order valence-corrected chi connectivity index (χ4v) is 3.15. The van der Waals surface area contributed by atoms with E-state index in [0.29, 0.717) is 5.56 Å². The molecule has 1 amide bonds. The topological polar surface area (TPSA) is 66.4 Å². The van der Waals surface area contributed by atoms with Crippen LogP contribution in [0.1, 0.15) is 42.3 Å². The molecule has 0 aliphatic carbocycles. The highest BCUT2D eigenvalue weighted by molar-refractivity contribution is 6.00. The monoisotopic (exact) mass is 375 g/mol. The van der Waals surface area contributed by atoms with Crippen molar-refractivity contribution in [1.82, 2.24) is 5.32 Å². The van der Waals surface area contributed by atoms with E-state index in [2.05, 4.69) is 26.1 Å². The van der Waals surface area contributed by atoms with Crippen molar-refractivity contribution in [2.24, 2.45) is 0 Å². The molecule has 0 aliphatic rings. The van der Waals surface area contributed by atoms with Crippen molar-refractivity contribution in [3.05, 3.63) is 83.4 Å². The Morgan fingerprint density at radius 1 is 0.929 bits per heavy atom. The number of carboxylic acid groups (broad SMARTS) is 1. The van der Waals surface area contributed by atoms with Crippen LogP contribution in [0.2, 0.25) is 0 Å². The van der Waals surface area contributed by atoms with Gasteiger partial charge in [-0.25, -0.2) is 4.79 Å². The number of nitrogens with one attached hydrogen (secondary N) is 1. The van der Waals surface area contributed by atoms with Crippen LogP contribution in [0.4, 0.5) is 0 Å². The van der Waals surface area contributed by atoms with Gasteiger partial charge in [0.1, 0.15) is 6.04 Å². The lowest BCUT2D eigenvalue weighted by molar-refractivity contribution is -0.139. The summed E-state index contributed by atoms with van der Waals surface area (Å²) < 4.78 is 0. The molecule has 0 heterocycles. The third kappa shape index (κ3) is 4.58. The van der Waals surface area contributed by atoms with Crippen molar-refractivity contribution in [1.29, 1.82) is 0 Å². The highest BCUT2D eigenvalue weighted by Gasteiger charge is 2.22. The zero-order valence-electron chi connectivity index (χ0n) is 16.4. The van der Waals surface area contributed by atoms with Crippen molar-refractivity contribution in [3.8, 4) is 0 Å². The number of rotatable bonds is 5. The summed E-state index contributed by atoms with van der Waals surface area (Å²) in [6.45, 7) is 6.39. The Kier molecular flexibility index (Phi) is 5.50. The second-order valence-corrected chi connectivity index (χ2v) is 8.08. The predicted molar refractivity (Wildman–Crippen MR) is 112 cm³/mol. The van der Waals surface area contributed by atoms with Gasteiger partial charge in [0.15, 0.2) is 0 Å². The third-order valence-corrected chi connectivity index (χ3v) is 4.87. The molecule has 4 heteroatoms. The summed E-state index contributed by atoms with van der Waals surface area (Å²) in [6, 6.07) is 20.0. The lowest BCUT2D eigenvalue weighted by Gasteiger charge is -2.20. The average Bonchev–Trinajstić information content (AvgIpc) is 2.66. The molecule has 3 rings (SSSR count). The van der Waals surface area contributed by atoms with Gasteiger partial charge >= 0.3 is 5.97 Å². The van der Waals surface area contributed by atoms with E-state index in [1.165, 1.54) is 5.56 Å². The maximum atomic E-state index is 12.6. The molecule has 144 valence electrons. The van der Waals surface area contributed by atoms with Gasteiger partial charge in [-0.05, 0) is 39.4 Å². The SMILES string of the molecule is CC(C)(C)c1ccc(C[C@H](NC(=O)c2ccc3ccccc3c2)C(=O)O)cc1. The molecule has 0 radical (unpaired) electrons. The minimum Gasteiger partial charge on any atom is -0.480 e. The van der Waals surface area contributed by atoms with E-state index < -0.39 is 12.0 Å². The predicted octanol–water partition coefficient (Wildman–Crippen LogP) is 4.56. The minimum absolute atomic E-state index is 0.0367. The van der Waals surface area contributed by atoms with E-state index in [1.807, 2.05) is 54.6 Å². The molecule has 1 atom stereocenters. The van der Waals surface area contributed by atoms with Gasteiger partial charge < -0.3 is 10.4 Å². The molecule has 0 spiro atoms. The van der Waals surface area contributed by atoms with E-state index in [9.17, 15) is 14.7 Å². The van der Waals surface area contributed by atoms with Crippen LogP contribution < -0.4 is 5.32 Å². The van der Waals surface area contributed by atoms with Crippen molar-refractivity contribution in [2.45, 2.75) is 38.6 Å². The molecule has 0 aromatic heterocycles. The molecule has 0 unspecified atom stereocenters. The average molecular weight is 375 g/mol. The Morgan fingerprint density at radius 2 is 1.57 bits per heavy atom. The molecule has 28 heavy (non-hydrogen) atoms. The Morgan fingerprint density at radius 3 is 2.18 bits per heavy atom. The zero-order chi connectivity index (χ0) is 20.3. The molecular weight excluding hydrogens is 350 g/mol. The van der Waals surface area contributed by atoms with E-state index in [4.69, 9.17) is 0 Å². The summed E-state index contributed by atoms with van der Waals surface area (Å²) in [6.07, 6.45) is 0.235. The fourth-order valence-electron chi connectivity index (χ4n) is 3.15. The van der Waals surface area contributed by atoms with Gasteiger partial charge in [-0.1, -0.05) is 75.4 Å². The molecular formula is C24H25NO3. The quantitative estimate of drug-likeness (QED) is 0.687. The highest BCUT2D eigenvalue weighted by Crippen LogP contribution is 2.22. The molecule has 2 N–H and O–H groups in total. The molecule has 0 bridgehead atoms. The number of carboxylic acids is 1. The number of aliphatic carboxylic acids is 1. The van der Waals surface area contributed by atoms with E-state index in [-0.39, 0.29) is 17.7 Å². The largest absolute Gasteiger partial charge is 0.480 e. The van der Waals surface area contributed by atoms with Crippen LogP contribution >= 0.6 is 0 Å². The number of amides is 1. The Balaban J connectivity index is 1.75. The number of fused-ring (bicyclic) bond motifs is 1. The van der Waals surface area contributed by atoms with Crippen molar-refractivity contribution in [3.63, 3.8) is 0 Å². The van der Waals surface area contributed by atoms with Crippen LogP contribution in [0.15, 0.2) is 66.7 Å². The number of benzene rings is 3. The van der Waals surface area contributed by atoms with Gasteiger partial charge in [-0.15, -0.1) is 0 Å². The first-order valence-electron chi connectivity index (χ1n) is 9.36. The lowest BCUT2D eigenvalue weighted by atomic mass is 9.86. The summed E-state index contributed by atoms with van der Waals surface area (Å²) in [5, 5.41) is 14.2. The standard InChI is InChI=1S/C24H25NO3/c1-24(2,3)20-12-8-16(9-13-20)14-21(23(27)28)25-22(26)19-11-10-17-6-4-5-7-18(17)15-19/h4-13,15,21H,14H2,1-3H3,(H,25,26)(H,27,28)/t21-/m0/s1. The molecule has 0 saturated carbocycles. The first-order chi connectivity index (χ1) is 13.2. The Hall–Kier alpha value is -3.14. The van der Waals surface area contributed by atoms with Gasteiger partial charge in [0, 0.05) is 12.0 Å². The molecule has 3 aromatic rings. The number of hydrogen-bond acceptors (Lipinski definition) is 2. The fraction of sp³-hybridized carbons (Fsp3) is 0.250. The summed E-state index contributed by atoms with van der Waals surface area (Å²) in [4.78, 5) is 24.3. The summed E-state index contributed by atoms with van der Waals surface area (Å²) >= 11 is 0. The van der Waals surface area contributed by atoms with Gasteiger partial charge in [-0.3, -0.25) is 4.79 Å². The zero-order valence-corrected chi connectivity index (χ0v) is 16.4. The van der Waals surface area contributed by atoms with Crippen molar-refractivity contribution in [2.75, 3.05) is 0 Å². The van der Waals surface area contributed by atoms with Crippen LogP contribution in [-0.2, 0) is 16.6 Å². The lowest BCUT2D eigenvalue weighted by Crippen LogP contribution is -2.42.